The molecule has 0 radical (unpaired) electrons. The molecule has 0 spiro atoms. The second kappa shape index (κ2) is 7.74. The van der Waals surface area contributed by atoms with Crippen molar-refractivity contribution in [3.05, 3.63) is 58.3 Å². The first-order valence-electron chi connectivity index (χ1n) is 6.21. The molecule has 0 saturated carbocycles. The van der Waals surface area contributed by atoms with Gasteiger partial charge in [0, 0.05) is 23.7 Å². The largest absolute Gasteiger partial charge is 0.266 e. The van der Waals surface area contributed by atoms with Gasteiger partial charge in [0.15, 0.2) is 0 Å². The zero-order valence-electron chi connectivity index (χ0n) is 11.9. The summed E-state index contributed by atoms with van der Waals surface area (Å²) in [5.41, 5.74) is 4.01. The molecule has 0 aliphatic heterocycles. The minimum Gasteiger partial charge on any atom is -0.266 e. The summed E-state index contributed by atoms with van der Waals surface area (Å²) in [4.78, 5) is 9.81. The monoisotopic (exact) mass is 272 g/mol. The molecule has 0 aromatic rings. The molecule has 1 rings (SSSR count). The van der Waals surface area contributed by atoms with Gasteiger partial charge in [-0.05, 0) is 50.3 Å². The fraction of sp³-hybridized carbons (Fsp3) is 0.250. The maximum Gasteiger partial charge on any atom is 0.0720 e. The SMILES string of the molecule is CC=N\C(C)=C1/C=CC=C/C1=N\C=C(C)\C=C(/C)S. The number of nitrogens with zero attached hydrogens (tertiary/aromatic N) is 2. The van der Waals surface area contributed by atoms with Crippen molar-refractivity contribution in [3.63, 3.8) is 0 Å². The molecule has 0 bridgehead atoms. The second-order valence-electron chi connectivity index (χ2n) is 4.28. The van der Waals surface area contributed by atoms with Crippen molar-refractivity contribution < 1.29 is 0 Å². The summed E-state index contributed by atoms with van der Waals surface area (Å²) in [5, 5.41) is 0. The normalized spacial score (nSPS) is 21.6. The molecule has 0 N–H and O–H groups in total. The molecule has 0 aromatic heterocycles. The molecule has 0 atom stereocenters. The third kappa shape index (κ3) is 5.26. The first-order chi connectivity index (χ1) is 9.04. The van der Waals surface area contributed by atoms with Gasteiger partial charge in [-0.25, -0.2) is 0 Å². The molecule has 1 aliphatic carbocycles. The van der Waals surface area contributed by atoms with Gasteiger partial charge in [0.05, 0.1) is 5.71 Å². The molecule has 0 aromatic carbocycles. The lowest BCUT2D eigenvalue weighted by atomic mass is 10.0. The van der Waals surface area contributed by atoms with Crippen LogP contribution in [0.1, 0.15) is 27.7 Å². The first kappa shape index (κ1) is 15.4. The number of aliphatic imine (C=N–C) groups is 2. The van der Waals surface area contributed by atoms with Crippen LogP contribution in [0.15, 0.2) is 68.3 Å². The Morgan fingerprint density at radius 2 is 1.84 bits per heavy atom. The highest BCUT2D eigenvalue weighted by Crippen LogP contribution is 2.15. The smallest absolute Gasteiger partial charge is 0.0720 e. The third-order valence-electron chi connectivity index (χ3n) is 2.46. The van der Waals surface area contributed by atoms with Crippen LogP contribution in [0.2, 0.25) is 0 Å². The molecule has 3 heteroatoms. The van der Waals surface area contributed by atoms with Crippen LogP contribution in [-0.4, -0.2) is 11.9 Å². The van der Waals surface area contributed by atoms with Crippen molar-refractivity contribution in [2.45, 2.75) is 27.7 Å². The van der Waals surface area contributed by atoms with Crippen LogP contribution in [0.25, 0.3) is 0 Å². The van der Waals surface area contributed by atoms with Gasteiger partial charge in [-0.3, -0.25) is 9.98 Å². The van der Waals surface area contributed by atoms with Crippen molar-refractivity contribution >= 4 is 24.6 Å². The molecular weight excluding hydrogens is 252 g/mol. The lowest BCUT2D eigenvalue weighted by Gasteiger charge is -2.07. The van der Waals surface area contributed by atoms with Crippen LogP contribution in [0.5, 0.6) is 0 Å². The quantitative estimate of drug-likeness (QED) is 0.439. The summed E-state index contributed by atoms with van der Waals surface area (Å²) in [6.45, 7) is 7.85. The minimum atomic E-state index is 0.926. The molecular formula is C16H20N2S. The fourth-order valence-corrected chi connectivity index (χ4v) is 1.90. The molecule has 0 fully saturated rings. The number of rotatable bonds is 3. The predicted molar refractivity (Wildman–Crippen MR) is 89.1 cm³/mol. The van der Waals surface area contributed by atoms with Crippen LogP contribution in [-0.2, 0) is 0 Å². The lowest BCUT2D eigenvalue weighted by Crippen LogP contribution is -2.02. The van der Waals surface area contributed by atoms with Crippen molar-refractivity contribution in [2.75, 3.05) is 0 Å². The number of thiol groups is 1. The van der Waals surface area contributed by atoms with Gasteiger partial charge in [0.1, 0.15) is 0 Å². The molecule has 2 nitrogen and oxygen atoms in total. The summed E-state index contributed by atoms with van der Waals surface area (Å²) in [7, 11) is 0. The zero-order chi connectivity index (χ0) is 14.3. The Labute approximate surface area is 121 Å². The average Bonchev–Trinajstić information content (AvgIpc) is 2.36. The van der Waals surface area contributed by atoms with Crippen LogP contribution < -0.4 is 0 Å². The van der Waals surface area contributed by atoms with Crippen molar-refractivity contribution in [1.29, 1.82) is 0 Å². The van der Waals surface area contributed by atoms with E-state index in [2.05, 4.69) is 22.6 Å². The van der Waals surface area contributed by atoms with E-state index in [9.17, 15) is 0 Å². The number of hydrogen-bond acceptors (Lipinski definition) is 3. The fourth-order valence-electron chi connectivity index (χ4n) is 1.69. The zero-order valence-corrected chi connectivity index (χ0v) is 12.8. The van der Waals surface area contributed by atoms with E-state index in [0.717, 1.165) is 27.5 Å². The first-order valence-corrected chi connectivity index (χ1v) is 6.66. The van der Waals surface area contributed by atoms with Gasteiger partial charge < -0.3 is 0 Å². The summed E-state index contributed by atoms with van der Waals surface area (Å²) < 4.78 is 0. The van der Waals surface area contributed by atoms with Crippen molar-refractivity contribution in [1.82, 2.24) is 0 Å². The maximum atomic E-state index is 4.53. The molecule has 1 aliphatic rings. The Morgan fingerprint density at radius 1 is 1.16 bits per heavy atom. The van der Waals surface area contributed by atoms with E-state index in [1.807, 2.05) is 64.3 Å². The van der Waals surface area contributed by atoms with Gasteiger partial charge >= 0.3 is 0 Å². The van der Waals surface area contributed by atoms with Gasteiger partial charge in [-0.2, -0.15) is 0 Å². The highest BCUT2D eigenvalue weighted by molar-refractivity contribution is 7.84. The van der Waals surface area contributed by atoms with Gasteiger partial charge in [-0.1, -0.05) is 18.2 Å². The average molecular weight is 272 g/mol. The van der Waals surface area contributed by atoms with E-state index >= 15 is 0 Å². The lowest BCUT2D eigenvalue weighted by molar-refractivity contribution is 1.28. The Morgan fingerprint density at radius 3 is 2.47 bits per heavy atom. The van der Waals surface area contributed by atoms with Gasteiger partial charge in [-0.15, -0.1) is 12.6 Å². The molecule has 0 saturated heterocycles. The Hall–Kier alpha value is -1.61. The van der Waals surface area contributed by atoms with E-state index in [4.69, 9.17) is 0 Å². The molecule has 19 heavy (non-hydrogen) atoms. The van der Waals surface area contributed by atoms with Crippen LogP contribution in [0.4, 0.5) is 0 Å². The number of allylic oxidation sites excluding steroid dienone is 9. The highest BCUT2D eigenvalue weighted by atomic mass is 32.1. The Kier molecular flexibility index (Phi) is 6.30. The van der Waals surface area contributed by atoms with E-state index < -0.39 is 0 Å². The second-order valence-corrected chi connectivity index (χ2v) is 4.98. The van der Waals surface area contributed by atoms with Gasteiger partial charge in [0.25, 0.3) is 0 Å². The maximum absolute atomic E-state index is 4.53. The van der Waals surface area contributed by atoms with Crippen molar-refractivity contribution in [2.24, 2.45) is 9.98 Å². The summed E-state index contributed by atoms with van der Waals surface area (Å²) >= 11 is 4.25. The van der Waals surface area contributed by atoms with E-state index in [1.165, 1.54) is 0 Å². The summed E-state index contributed by atoms with van der Waals surface area (Å²) in [6, 6.07) is 0. The third-order valence-corrected chi connectivity index (χ3v) is 2.59. The molecule has 0 amide bonds. The van der Waals surface area contributed by atoms with E-state index in [1.54, 1.807) is 6.21 Å². The van der Waals surface area contributed by atoms with Crippen LogP contribution >= 0.6 is 12.6 Å². The molecule has 0 heterocycles. The Bertz CT molecular complexity index is 537. The predicted octanol–water partition coefficient (Wildman–Crippen LogP) is 4.66. The molecule has 100 valence electrons. The summed E-state index contributed by atoms with van der Waals surface area (Å²) in [6.07, 6.45) is 13.6. The Balaban J connectivity index is 3.10. The minimum absolute atomic E-state index is 0.926. The van der Waals surface area contributed by atoms with Crippen LogP contribution in [0.3, 0.4) is 0 Å². The van der Waals surface area contributed by atoms with Crippen molar-refractivity contribution in [3.8, 4) is 0 Å². The van der Waals surface area contributed by atoms with Gasteiger partial charge in [0.2, 0.25) is 0 Å². The highest BCUT2D eigenvalue weighted by Gasteiger charge is 2.06. The topological polar surface area (TPSA) is 24.7 Å². The van der Waals surface area contributed by atoms with E-state index in [0.29, 0.717) is 0 Å². The standard InChI is InChI=1S/C16H20N2S/c1-5-17-14(4)15-8-6-7-9-16(15)18-11-12(2)10-13(3)19/h5-11,19H,1-4H3/b12-11+,13-10+,15-14+,17-5?,18-16+. The number of hydrogen-bond donors (Lipinski definition) is 1. The van der Waals surface area contributed by atoms with Crippen LogP contribution in [0, 0.1) is 0 Å². The van der Waals surface area contributed by atoms with E-state index in [-0.39, 0.29) is 0 Å². The molecule has 0 unspecified atom stereocenters. The summed E-state index contributed by atoms with van der Waals surface area (Å²) in [5.74, 6) is 0.